The van der Waals surface area contributed by atoms with Crippen molar-refractivity contribution in [3.63, 3.8) is 0 Å². The van der Waals surface area contributed by atoms with Crippen molar-refractivity contribution in [3.05, 3.63) is 36.7 Å². The van der Waals surface area contributed by atoms with Gasteiger partial charge in [-0.05, 0) is 38.1 Å². The van der Waals surface area contributed by atoms with Crippen molar-refractivity contribution in [1.82, 2.24) is 14.9 Å². The van der Waals surface area contributed by atoms with Crippen molar-refractivity contribution in [3.8, 4) is 0 Å². The van der Waals surface area contributed by atoms with Crippen LogP contribution in [0.5, 0.6) is 0 Å². The summed E-state index contributed by atoms with van der Waals surface area (Å²) in [6.07, 6.45) is 2.49. The Morgan fingerprint density at radius 1 is 1.08 bits per heavy atom. The number of hydrogen-bond donors (Lipinski definition) is 1. The maximum Gasteiger partial charge on any atom is 0.209 e. The average Bonchev–Trinajstić information content (AvgIpc) is 2.70. The van der Waals surface area contributed by atoms with E-state index in [4.69, 9.17) is 0 Å². The SMILES string of the molecule is CCN(CC)c1ccc(Nc2cc(N3CCN(C=O)CC3)ncn2)cc1. The van der Waals surface area contributed by atoms with Crippen molar-refractivity contribution in [1.29, 1.82) is 0 Å². The molecule has 1 saturated heterocycles. The number of nitrogens with one attached hydrogen (secondary N) is 1. The predicted octanol–water partition coefficient (Wildman–Crippen LogP) is 2.34. The molecule has 1 aliphatic heterocycles. The molecule has 1 aromatic carbocycles. The number of rotatable bonds is 7. The van der Waals surface area contributed by atoms with Gasteiger partial charge in [-0.15, -0.1) is 0 Å². The largest absolute Gasteiger partial charge is 0.372 e. The summed E-state index contributed by atoms with van der Waals surface area (Å²) in [7, 11) is 0. The molecular weight excluding hydrogens is 328 g/mol. The van der Waals surface area contributed by atoms with E-state index in [-0.39, 0.29) is 0 Å². The van der Waals surface area contributed by atoms with Gasteiger partial charge in [0.2, 0.25) is 6.41 Å². The van der Waals surface area contributed by atoms with Crippen molar-refractivity contribution in [2.75, 3.05) is 54.4 Å². The summed E-state index contributed by atoms with van der Waals surface area (Å²) in [5.74, 6) is 1.65. The van der Waals surface area contributed by atoms with Gasteiger partial charge in [0.25, 0.3) is 0 Å². The minimum Gasteiger partial charge on any atom is -0.372 e. The van der Waals surface area contributed by atoms with Crippen LogP contribution in [0.2, 0.25) is 0 Å². The van der Waals surface area contributed by atoms with E-state index >= 15 is 0 Å². The van der Waals surface area contributed by atoms with Crippen molar-refractivity contribution in [2.45, 2.75) is 13.8 Å². The molecule has 2 aromatic rings. The first-order valence-corrected chi connectivity index (χ1v) is 9.12. The fraction of sp³-hybridized carbons (Fsp3) is 0.421. The van der Waals surface area contributed by atoms with Gasteiger partial charge in [0, 0.05) is 56.7 Å². The maximum atomic E-state index is 10.8. The van der Waals surface area contributed by atoms with E-state index < -0.39 is 0 Å². The third kappa shape index (κ3) is 4.22. The molecule has 0 radical (unpaired) electrons. The first-order valence-electron chi connectivity index (χ1n) is 9.12. The van der Waals surface area contributed by atoms with Gasteiger partial charge in [0.1, 0.15) is 18.0 Å². The predicted molar refractivity (Wildman–Crippen MR) is 105 cm³/mol. The minimum absolute atomic E-state index is 0.725. The Kier molecular flexibility index (Phi) is 5.88. The van der Waals surface area contributed by atoms with E-state index in [1.54, 1.807) is 11.2 Å². The molecule has 0 bridgehead atoms. The van der Waals surface area contributed by atoms with Crippen LogP contribution >= 0.6 is 0 Å². The van der Waals surface area contributed by atoms with E-state index in [1.165, 1.54) is 5.69 Å². The zero-order valence-electron chi connectivity index (χ0n) is 15.4. The van der Waals surface area contributed by atoms with E-state index in [0.29, 0.717) is 0 Å². The van der Waals surface area contributed by atoms with Gasteiger partial charge in [-0.2, -0.15) is 0 Å². The maximum absolute atomic E-state index is 10.8. The van der Waals surface area contributed by atoms with Crippen LogP contribution in [0.25, 0.3) is 0 Å². The van der Waals surface area contributed by atoms with Crippen LogP contribution in [-0.4, -0.2) is 60.5 Å². The van der Waals surface area contributed by atoms with Crippen LogP contribution in [-0.2, 0) is 4.79 Å². The Labute approximate surface area is 154 Å². The molecule has 0 atom stereocenters. The fourth-order valence-corrected chi connectivity index (χ4v) is 3.14. The van der Waals surface area contributed by atoms with Crippen molar-refractivity contribution >= 4 is 29.4 Å². The summed E-state index contributed by atoms with van der Waals surface area (Å²) in [5.41, 5.74) is 2.22. The van der Waals surface area contributed by atoms with Gasteiger partial charge >= 0.3 is 0 Å². The number of benzene rings is 1. The van der Waals surface area contributed by atoms with E-state index in [2.05, 4.69) is 63.2 Å². The minimum atomic E-state index is 0.725. The summed E-state index contributed by atoms with van der Waals surface area (Å²) in [6, 6.07) is 10.3. The Bertz CT molecular complexity index is 708. The molecule has 26 heavy (non-hydrogen) atoms. The second-order valence-electron chi connectivity index (χ2n) is 6.23. The molecule has 1 aliphatic rings. The van der Waals surface area contributed by atoms with Crippen LogP contribution in [0.3, 0.4) is 0 Å². The standard InChI is InChI=1S/C19H26N6O/c1-3-24(4-2)17-7-5-16(6-8-17)22-18-13-19(21-14-20-18)25-11-9-23(15-26)10-12-25/h5-8,13-15H,3-4,9-12H2,1-2H3,(H,20,21,22). The number of carbonyl (C=O) groups excluding carboxylic acids is 1. The smallest absolute Gasteiger partial charge is 0.209 e. The third-order valence-electron chi connectivity index (χ3n) is 4.71. The molecular formula is C19H26N6O. The molecule has 7 heteroatoms. The molecule has 1 aromatic heterocycles. The first kappa shape index (κ1) is 18.0. The normalized spacial score (nSPS) is 14.2. The highest BCUT2D eigenvalue weighted by atomic mass is 16.1. The van der Waals surface area contributed by atoms with Crippen LogP contribution < -0.4 is 15.1 Å². The van der Waals surface area contributed by atoms with Gasteiger partial charge < -0.3 is 20.0 Å². The molecule has 0 unspecified atom stereocenters. The summed E-state index contributed by atoms with van der Waals surface area (Å²) in [5, 5.41) is 3.34. The number of hydrogen-bond acceptors (Lipinski definition) is 6. The summed E-state index contributed by atoms with van der Waals surface area (Å²) in [6.45, 7) is 9.33. The molecule has 138 valence electrons. The van der Waals surface area contributed by atoms with Crippen LogP contribution in [0, 0.1) is 0 Å². The lowest BCUT2D eigenvalue weighted by molar-refractivity contribution is -0.118. The number of aromatic nitrogens is 2. The van der Waals surface area contributed by atoms with Crippen LogP contribution in [0.1, 0.15) is 13.8 Å². The Morgan fingerprint density at radius 2 is 1.77 bits per heavy atom. The number of anilines is 4. The quantitative estimate of drug-likeness (QED) is 0.770. The molecule has 0 saturated carbocycles. The molecule has 0 aliphatic carbocycles. The van der Waals surface area contributed by atoms with Gasteiger partial charge in [-0.25, -0.2) is 9.97 Å². The van der Waals surface area contributed by atoms with Crippen LogP contribution in [0.15, 0.2) is 36.7 Å². The highest BCUT2D eigenvalue weighted by Crippen LogP contribution is 2.22. The Balaban J connectivity index is 1.66. The lowest BCUT2D eigenvalue weighted by Gasteiger charge is -2.33. The molecule has 2 heterocycles. The van der Waals surface area contributed by atoms with E-state index in [1.807, 2.05) is 6.07 Å². The van der Waals surface area contributed by atoms with Gasteiger partial charge in [0.15, 0.2) is 0 Å². The van der Waals surface area contributed by atoms with E-state index in [0.717, 1.165) is 63.0 Å². The van der Waals surface area contributed by atoms with Crippen molar-refractivity contribution in [2.24, 2.45) is 0 Å². The number of amides is 1. The lowest BCUT2D eigenvalue weighted by atomic mass is 10.2. The van der Waals surface area contributed by atoms with Crippen LogP contribution in [0.4, 0.5) is 23.0 Å². The second kappa shape index (κ2) is 8.51. The number of piperazine rings is 1. The average molecular weight is 354 g/mol. The number of nitrogens with zero attached hydrogens (tertiary/aromatic N) is 5. The first-order chi connectivity index (χ1) is 12.7. The topological polar surface area (TPSA) is 64.6 Å². The van der Waals surface area contributed by atoms with E-state index in [9.17, 15) is 4.79 Å². The second-order valence-corrected chi connectivity index (χ2v) is 6.23. The van der Waals surface area contributed by atoms with Gasteiger partial charge in [-0.1, -0.05) is 0 Å². The molecule has 1 fully saturated rings. The molecule has 3 rings (SSSR count). The van der Waals surface area contributed by atoms with Gasteiger partial charge in [-0.3, -0.25) is 4.79 Å². The molecule has 0 spiro atoms. The Hall–Kier alpha value is -2.83. The Morgan fingerprint density at radius 3 is 2.38 bits per heavy atom. The summed E-state index contributed by atoms with van der Waals surface area (Å²) < 4.78 is 0. The third-order valence-corrected chi connectivity index (χ3v) is 4.71. The van der Waals surface area contributed by atoms with Crippen molar-refractivity contribution < 1.29 is 4.79 Å². The lowest BCUT2D eigenvalue weighted by Crippen LogP contribution is -2.46. The van der Waals surface area contributed by atoms with Gasteiger partial charge in [0.05, 0.1) is 0 Å². The number of carbonyl (C=O) groups is 1. The fourth-order valence-electron chi connectivity index (χ4n) is 3.14. The summed E-state index contributed by atoms with van der Waals surface area (Å²) in [4.78, 5) is 25.8. The highest BCUT2D eigenvalue weighted by molar-refractivity contribution is 5.62. The molecule has 1 N–H and O–H groups in total. The highest BCUT2D eigenvalue weighted by Gasteiger charge is 2.17. The molecule has 1 amide bonds. The zero-order valence-corrected chi connectivity index (χ0v) is 15.4. The zero-order chi connectivity index (χ0) is 18.4. The summed E-state index contributed by atoms with van der Waals surface area (Å²) >= 11 is 0. The monoisotopic (exact) mass is 354 g/mol. The molecule has 7 nitrogen and oxygen atoms in total.